The Morgan fingerprint density at radius 3 is 2.79 bits per heavy atom. The highest BCUT2D eigenvalue weighted by molar-refractivity contribution is 5.47. The second-order valence-electron chi connectivity index (χ2n) is 5.38. The van der Waals surface area contributed by atoms with E-state index in [0.29, 0.717) is 17.7 Å². The van der Waals surface area contributed by atoms with Crippen LogP contribution in [0.3, 0.4) is 0 Å². The molecule has 1 aliphatic heterocycles. The lowest BCUT2D eigenvalue weighted by Gasteiger charge is -2.22. The lowest BCUT2D eigenvalue weighted by atomic mass is 10.0. The molecule has 2 fully saturated rings. The average molecular weight is 263 g/mol. The Labute approximate surface area is 113 Å². The summed E-state index contributed by atoms with van der Waals surface area (Å²) in [4.78, 5) is 8.97. The number of nitrogens with zero attached hydrogens (tertiary/aromatic N) is 2. The standard InChI is InChI=1S/C13H21N5O/c14-18-12-6-11(16-13(17-12)10-3-4-10)15-7-9-2-1-5-19-8-9/h6,9-10H,1-5,7-8,14H2,(H2,15,16,17,18). The van der Waals surface area contributed by atoms with Crippen LogP contribution in [0.2, 0.25) is 0 Å². The van der Waals surface area contributed by atoms with Gasteiger partial charge in [-0.2, -0.15) is 0 Å². The number of nitrogen functional groups attached to an aromatic ring is 1. The second kappa shape index (κ2) is 5.71. The zero-order chi connectivity index (χ0) is 13.1. The Balaban J connectivity index is 1.63. The molecule has 1 saturated carbocycles. The molecular weight excluding hydrogens is 242 g/mol. The van der Waals surface area contributed by atoms with Gasteiger partial charge in [-0.3, -0.25) is 0 Å². The molecule has 6 heteroatoms. The minimum atomic E-state index is 0.520. The summed E-state index contributed by atoms with van der Waals surface area (Å²) < 4.78 is 5.48. The predicted octanol–water partition coefficient (Wildman–Crippen LogP) is 1.48. The SMILES string of the molecule is NNc1cc(NCC2CCCOC2)nc(C2CC2)n1. The van der Waals surface area contributed by atoms with Crippen LogP contribution in [0, 0.1) is 5.92 Å². The molecule has 2 aliphatic rings. The lowest BCUT2D eigenvalue weighted by molar-refractivity contribution is 0.0595. The van der Waals surface area contributed by atoms with E-state index in [9.17, 15) is 0 Å². The van der Waals surface area contributed by atoms with Crippen LogP contribution in [0.25, 0.3) is 0 Å². The van der Waals surface area contributed by atoms with E-state index in [1.807, 2.05) is 6.07 Å². The predicted molar refractivity (Wildman–Crippen MR) is 73.8 cm³/mol. The van der Waals surface area contributed by atoms with Gasteiger partial charge in [0, 0.05) is 25.1 Å². The number of hydrazine groups is 1. The van der Waals surface area contributed by atoms with Crippen LogP contribution in [0.5, 0.6) is 0 Å². The number of nitrogens with two attached hydrogens (primary N) is 1. The molecule has 0 aromatic carbocycles. The van der Waals surface area contributed by atoms with Gasteiger partial charge in [0.15, 0.2) is 0 Å². The van der Waals surface area contributed by atoms with Crippen molar-refractivity contribution in [1.82, 2.24) is 9.97 Å². The third-order valence-electron chi connectivity index (χ3n) is 3.66. The van der Waals surface area contributed by atoms with Crippen molar-refractivity contribution < 1.29 is 4.74 Å². The molecule has 1 aromatic rings. The Hall–Kier alpha value is -1.40. The van der Waals surface area contributed by atoms with Gasteiger partial charge in [0.2, 0.25) is 0 Å². The zero-order valence-corrected chi connectivity index (χ0v) is 11.1. The Bertz CT molecular complexity index is 429. The van der Waals surface area contributed by atoms with Crippen LogP contribution in [0.4, 0.5) is 11.6 Å². The summed E-state index contributed by atoms with van der Waals surface area (Å²) in [5, 5.41) is 3.39. The van der Waals surface area contributed by atoms with Gasteiger partial charge in [0.1, 0.15) is 17.5 Å². The maximum Gasteiger partial charge on any atom is 0.145 e. The third kappa shape index (κ3) is 3.33. The molecule has 0 amide bonds. The zero-order valence-electron chi connectivity index (χ0n) is 11.1. The van der Waals surface area contributed by atoms with Crippen LogP contribution in [-0.2, 0) is 4.74 Å². The van der Waals surface area contributed by atoms with E-state index in [1.54, 1.807) is 0 Å². The van der Waals surface area contributed by atoms with Crippen molar-refractivity contribution in [3.63, 3.8) is 0 Å². The van der Waals surface area contributed by atoms with Crippen molar-refractivity contribution in [3.8, 4) is 0 Å². The molecule has 1 aliphatic carbocycles. The molecule has 2 heterocycles. The van der Waals surface area contributed by atoms with Gasteiger partial charge in [0.05, 0.1) is 6.61 Å². The van der Waals surface area contributed by atoms with Crippen molar-refractivity contribution in [2.45, 2.75) is 31.6 Å². The van der Waals surface area contributed by atoms with Crippen LogP contribution in [-0.4, -0.2) is 29.7 Å². The van der Waals surface area contributed by atoms with Crippen molar-refractivity contribution in [2.75, 3.05) is 30.5 Å². The number of rotatable bonds is 5. The quantitative estimate of drug-likeness (QED) is 0.551. The van der Waals surface area contributed by atoms with Gasteiger partial charge in [-0.05, 0) is 31.6 Å². The molecule has 1 aromatic heterocycles. The highest BCUT2D eigenvalue weighted by Crippen LogP contribution is 2.38. The van der Waals surface area contributed by atoms with E-state index in [4.69, 9.17) is 10.6 Å². The summed E-state index contributed by atoms with van der Waals surface area (Å²) in [5.41, 5.74) is 2.61. The summed E-state index contributed by atoms with van der Waals surface area (Å²) >= 11 is 0. The Morgan fingerprint density at radius 1 is 1.26 bits per heavy atom. The van der Waals surface area contributed by atoms with Gasteiger partial charge in [0.25, 0.3) is 0 Å². The first kappa shape index (κ1) is 12.6. The molecular formula is C13H21N5O. The maximum atomic E-state index is 5.48. The molecule has 0 radical (unpaired) electrons. The minimum absolute atomic E-state index is 0.520. The van der Waals surface area contributed by atoms with Gasteiger partial charge in [-0.1, -0.05) is 0 Å². The summed E-state index contributed by atoms with van der Waals surface area (Å²) in [6, 6.07) is 1.86. The third-order valence-corrected chi connectivity index (χ3v) is 3.66. The van der Waals surface area contributed by atoms with Crippen LogP contribution in [0.15, 0.2) is 6.07 Å². The lowest BCUT2D eigenvalue weighted by Crippen LogP contribution is -2.24. The second-order valence-corrected chi connectivity index (χ2v) is 5.38. The minimum Gasteiger partial charge on any atom is -0.381 e. The topological polar surface area (TPSA) is 85.1 Å². The average Bonchev–Trinajstić information content (AvgIpc) is 3.30. The van der Waals surface area contributed by atoms with Crippen LogP contribution in [0.1, 0.15) is 37.4 Å². The summed E-state index contributed by atoms with van der Waals surface area (Å²) in [6.07, 6.45) is 4.74. The number of hydrogen-bond acceptors (Lipinski definition) is 6. The fraction of sp³-hybridized carbons (Fsp3) is 0.692. The first-order valence-corrected chi connectivity index (χ1v) is 7.02. The first-order chi connectivity index (χ1) is 9.35. The number of hydrogen-bond donors (Lipinski definition) is 3. The first-order valence-electron chi connectivity index (χ1n) is 7.02. The summed E-state index contributed by atoms with van der Waals surface area (Å²) in [6.45, 7) is 2.64. The van der Waals surface area contributed by atoms with E-state index >= 15 is 0 Å². The van der Waals surface area contributed by atoms with Crippen molar-refractivity contribution in [3.05, 3.63) is 11.9 Å². The van der Waals surface area contributed by atoms with Crippen LogP contribution >= 0.6 is 0 Å². The molecule has 1 atom stereocenters. The Morgan fingerprint density at radius 2 is 2.11 bits per heavy atom. The fourth-order valence-corrected chi connectivity index (χ4v) is 2.37. The number of anilines is 2. The van der Waals surface area contributed by atoms with Gasteiger partial charge < -0.3 is 15.5 Å². The molecule has 19 heavy (non-hydrogen) atoms. The highest BCUT2D eigenvalue weighted by atomic mass is 16.5. The molecule has 4 N–H and O–H groups in total. The fourth-order valence-electron chi connectivity index (χ4n) is 2.37. The monoisotopic (exact) mass is 263 g/mol. The normalized spacial score (nSPS) is 23.1. The maximum absolute atomic E-state index is 5.48. The number of ether oxygens (including phenoxy) is 1. The molecule has 6 nitrogen and oxygen atoms in total. The van der Waals surface area contributed by atoms with Crippen molar-refractivity contribution in [1.29, 1.82) is 0 Å². The highest BCUT2D eigenvalue weighted by Gasteiger charge is 2.27. The van der Waals surface area contributed by atoms with Gasteiger partial charge >= 0.3 is 0 Å². The van der Waals surface area contributed by atoms with Gasteiger partial charge in [-0.15, -0.1) is 0 Å². The molecule has 0 spiro atoms. The molecule has 0 bridgehead atoms. The van der Waals surface area contributed by atoms with E-state index < -0.39 is 0 Å². The van der Waals surface area contributed by atoms with Gasteiger partial charge in [-0.25, -0.2) is 15.8 Å². The smallest absolute Gasteiger partial charge is 0.145 e. The number of nitrogens with one attached hydrogen (secondary N) is 2. The van der Waals surface area contributed by atoms with E-state index in [2.05, 4.69) is 20.7 Å². The van der Waals surface area contributed by atoms with Crippen molar-refractivity contribution in [2.24, 2.45) is 11.8 Å². The van der Waals surface area contributed by atoms with E-state index in [0.717, 1.165) is 37.8 Å². The van der Waals surface area contributed by atoms with Crippen LogP contribution < -0.4 is 16.6 Å². The molecule has 3 rings (SSSR count). The van der Waals surface area contributed by atoms with E-state index in [-0.39, 0.29) is 0 Å². The van der Waals surface area contributed by atoms with Crippen molar-refractivity contribution >= 4 is 11.6 Å². The van der Waals surface area contributed by atoms with E-state index in [1.165, 1.54) is 19.3 Å². The summed E-state index contributed by atoms with van der Waals surface area (Å²) in [7, 11) is 0. The largest absolute Gasteiger partial charge is 0.381 e. The Kier molecular flexibility index (Phi) is 3.79. The number of aromatic nitrogens is 2. The molecule has 1 saturated heterocycles. The summed E-state index contributed by atoms with van der Waals surface area (Å²) in [5.74, 6) is 8.99. The molecule has 1 unspecified atom stereocenters. The molecule has 104 valence electrons.